The molecule has 3 aromatic rings. The number of halogens is 3. The predicted molar refractivity (Wildman–Crippen MR) is 102 cm³/mol. The molecule has 0 heterocycles. The second-order valence-electron chi connectivity index (χ2n) is 6.65. The van der Waals surface area contributed by atoms with E-state index in [-0.39, 0.29) is 5.96 Å². The molecule has 1 aliphatic carbocycles. The van der Waals surface area contributed by atoms with Crippen LogP contribution in [0.1, 0.15) is 16.7 Å². The van der Waals surface area contributed by atoms with Crippen LogP contribution in [0.25, 0.3) is 10.8 Å². The highest BCUT2D eigenvalue weighted by Gasteiger charge is 2.30. The normalized spacial score (nSPS) is 14.0. The topological polar surface area (TPSA) is 41.6 Å². The van der Waals surface area contributed by atoms with Gasteiger partial charge in [-0.15, -0.1) is 0 Å². The predicted octanol–water partition coefficient (Wildman–Crippen LogP) is 5.04. The molecule has 0 radical (unpaired) electrons. The van der Waals surface area contributed by atoms with Gasteiger partial charge in [-0.1, -0.05) is 24.3 Å². The Morgan fingerprint density at radius 2 is 1.74 bits per heavy atom. The summed E-state index contributed by atoms with van der Waals surface area (Å²) in [4.78, 5) is 6.14. The molecular formula is C21H18F3N3. The van der Waals surface area contributed by atoms with E-state index in [4.69, 9.17) is 5.73 Å². The number of nitrogens with zero attached hydrogens (tertiary/aromatic N) is 2. The zero-order valence-corrected chi connectivity index (χ0v) is 14.7. The van der Waals surface area contributed by atoms with Gasteiger partial charge in [0.1, 0.15) is 0 Å². The van der Waals surface area contributed by atoms with Crippen LogP contribution in [0, 0.1) is 0 Å². The number of nitrogens with two attached hydrogens (primary N) is 1. The van der Waals surface area contributed by atoms with E-state index in [9.17, 15) is 13.2 Å². The maximum Gasteiger partial charge on any atom is 0.416 e. The van der Waals surface area contributed by atoms with Gasteiger partial charge < -0.3 is 10.6 Å². The molecule has 0 amide bonds. The van der Waals surface area contributed by atoms with E-state index in [0.29, 0.717) is 5.69 Å². The summed E-state index contributed by atoms with van der Waals surface area (Å²) in [6.07, 6.45) is -2.47. The molecule has 6 heteroatoms. The lowest BCUT2D eigenvalue weighted by Gasteiger charge is -2.19. The molecule has 3 aromatic carbocycles. The van der Waals surface area contributed by atoms with Crippen molar-refractivity contribution >= 4 is 28.1 Å². The van der Waals surface area contributed by atoms with Crippen molar-refractivity contribution in [2.45, 2.75) is 19.0 Å². The fourth-order valence-electron chi connectivity index (χ4n) is 3.55. The highest BCUT2D eigenvalue weighted by atomic mass is 19.4. The molecule has 0 aromatic heterocycles. The lowest BCUT2D eigenvalue weighted by Crippen LogP contribution is -2.33. The number of rotatable bonds is 2. The first-order valence-electron chi connectivity index (χ1n) is 8.63. The Morgan fingerprint density at radius 3 is 2.44 bits per heavy atom. The van der Waals surface area contributed by atoms with E-state index in [2.05, 4.69) is 23.2 Å². The highest BCUT2D eigenvalue weighted by Crippen LogP contribution is 2.37. The van der Waals surface area contributed by atoms with E-state index in [0.717, 1.165) is 30.7 Å². The number of benzene rings is 3. The standard InChI is InChI=1S/C21H18F3N3/c1-27(16-9-7-15(8-10-16)21(22,23)24)20(25)26-18-12-6-14-4-2-3-13-5-11-17(18)19(13)14/h2-4,6-10,12H,5,11H2,1H3,(H2,25,26). The maximum atomic E-state index is 12.7. The Bertz CT molecular complexity index is 1040. The largest absolute Gasteiger partial charge is 0.416 e. The fraction of sp³-hybridized carbons (Fsp3) is 0.190. The molecular weight excluding hydrogens is 351 g/mol. The average Bonchev–Trinajstić information content (AvgIpc) is 3.09. The van der Waals surface area contributed by atoms with Crippen LogP contribution in [-0.4, -0.2) is 13.0 Å². The minimum atomic E-state index is -4.36. The summed E-state index contributed by atoms with van der Waals surface area (Å²) in [7, 11) is 1.69. The lowest BCUT2D eigenvalue weighted by atomic mass is 10.0. The molecule has 0 fully saturated rings. The minimum absolute atomic E-state index is 0.231. The molecule has 0 aliphatic heterocycles. The summed E-state index contributed by atoms with van der Waals surface area (Å²) < 4.78 is 38.2. The Morgan fingerprint density at radius 1 is 1.00 bits per heavy atom. The second-order valence-corrected chi connectivity index (χ2v) is 6.65. The number of anilines is 1. The van der Waals surface area contributed by atoms with Crippen molar-refractivity contribution < 1.29 is 13.2 Å². The number of aliphatic imine (C=N–C) groups is 1. The quantitative estimate of drug-likeness (QED) is 0.508. The van der Waals surface area contributed by atoms with Gasteiger partial charge in [-0.3, -0.25) is 0 Å². The first-order chi connectivity index (χ1) is 12.8. The third-order valence-corrected chi connectivity index (χ3v) is 5.02. The van der Waals surface area contributed by atoms with Crippen LogP contribution in [0.15, 0.2) is 59.6 Å². The number of guanidine groups is 1. The first kappa shape index (κ1) is 17.4. The zero-order valence-electron chi connectivity index (χ0n) is 14.7. The van der Waals surface area contributed by atoms with E-state index < -0.39 is 11.7 Å². The third-order valence-electron chi connectivity index (χ3n) is 5.02. The Kier molecular flexibility index (Phi) is 4.06. The number of hydrogen-bond donors (Lipinski definition) is 1. The highest BCUT2D eigenvalue weighted by molar-refractivity contribution is 5.99. The molecule has 3 nitrogen and oxygen atoms in total. The SMILES string of the molecule is CN(C(N)=Nc1ccc2cccc3c2c1CC3)c1ccc(C(F)(F)F)cc1. The zero-order chi connectivity index (χ0) is 19.2. The van der Waals surface area contributed by atoms with Crippen LogP contribution in [0.4, 0.5) is 24.5 Å². The number of aryl methyl sites for hydroxylation is 2. The van der Waals surface area contributed by atoms with Gasteiger partial charge in [0, 0.05) is 12.7 Å². The summed E-state index contributed by atoms with van der Waals surface area (Å²) in [5.41, 5.74) is 9.29. The fourth-order valence-corrected chi connectivity index (χ4v) is 3.55. The van der Waals surface area contributed by atoms with Gasteiger partial charge in [0.2, 0.25) is 5.96 Å². The summed E-state index contributed by atoms with van der Waals surface area (Å²) in [6, 6.07) is 15.1. The number of hydrogen-bond acceptors (Lipinski definition) is 1. The summed E-state index contributed by atoms with van der Waals surface area (Å²) in [5.74, 6) is 0.231. The van der Waals surface area contributed by atoms with E-state index in [1.165, 1.54) is 34.0 Å². The van der Waals surface area contributed by atoms with E-state index in [1.807, 2.05) is 12.1 Å². The molecule has 0 saturated heterocycles. The van der Waals surface area contributed by atoms with Crippen LogP contribution >= 0.6 is 0 Å². The minimum Gasteiger partial charge on any atom is -0.369 e. The molecule has 1 aliphatic rings. The van der Waals surface area contributed by atoms with Crippen LogP contribution in [0.3, 0.4) is 0 Å². The van der Waals surface area contributed by atoms with Gasteiger partial charge in [-0.2, -0.15) is 13.2 Å². The van der Waals surface area contributed by atoms with Gasteiger partial charge in [-0.25, -0.2) is 4.99 Å². The van der Waals surface area contributed by atoms with Gasteiger partial charge in [-0.05, 0) is 65.1 Å². The summed E-state index contributed by atoms with van der Waals surface area (Å²) in [5, 5.41) is 2.43. The molecule has 2 N–H and O–H groups in total. The van der Waals surface area contributed by atoms with E-state index in [1.54, 1.807) is 11.9 Å². The van der Waals surface area contributed by atoms with Crippen LogP contribution in [0.5, 0.6) is 0 Å². The molecule has 138 valence electrons. The van der Waals surface area contributed by atoms with E-state index >= 15 is 0 Å². The molecule has 0 unspecified atom stereocenters. The van der Waals surface area contributed by atoms with Crippen molar-refractivity contribution in [2.24, 2.45) is 10.7 Å². The van der Waals surface area contributed by atoms with Crippen molar-refractivity contribution in [3.63, 3.8) is 0 Å². The van der Waals surface area contributed by atoms with Gasteiger partial charge in [0.25, 0.3) is 0 Å². The Labute approximate surface area is 154 Å². The van der Waals surface area contributed by atoms with Gasteiger partial charge >= 0.3 is 6.18 Å². The second kappa shape index (κ2) is 6.30. The van der Waals surface area contributed by atoms with Crippen molar-refractivity contribution in [2.75, 3.05) is 11.9 Å². The molecule has 0 bridgehead atoms. The monoisotopic (exact) mass is 369 g/mol. The third kappa shape index (κ3) is 3.12. The Balaban J connectivity index is 1.66. The Hall–Kier alpha value is -3.02. The smallest absolute Gasteiger partial charge is 0.369 e. The molecule has 27 heavy (non-hydrogen) atoms. The van der Waals surface area contributed by atoms with Gasteiger partial charge in [0.05, 0.1) is 11.3 Å². The average molecular weight is 369 g/mol. The van der Waals surface area contributed by atoms with Crippen molar-refractivity contribution in [1.82, 2.24) is 0 Å². The lowest BCUT2D eigenvalue weighted by molar-refractivity contribution is -0.137. The van der Waals surface area contributed by atoms with Gasteiger partial charge in [0.15, 0.2) is 0 Å². The summed E-state index contributed by atoms with van der Waals surface area (Å²) >= 11 is 0. The van der Waals surface area contributed by atoms with Crippen molar-refractivity contribution in [3.05, 3.63) is 71.3 Å². The maximum absolute atomic E-state index is 12.7. The number of alkyl halides is 3. The first-order valence-corrected chi connectivity index (χ1v) is 8.63. The summed E-state index contributed by atoms with van der Waals surface area (Å²) in [6.45, 7) is 0. The van der Waals surface area contributed by atoms with Crippen molar-refractivity contribution in [1.29, 1.82) is 0 Å². The molecule has 0 spiro atoms. The van der Waals surface area contributed by atoms with Crippen LogP contribution in [-0.2, 0) is 19.0 Å². The molecule has 4 rings (SSSR count). The van der Waals surface area contributed by atoms with Crippen LogP contribution < -0.4 is 10.6 Å². The molecule has 0 atom stereocenters. The van der Waals surface area contributed by atoms with Crippen LogP contribution in [0.2, 0.25) is 0 Å². The van der Waals surface area contributed by atoms with Crippen molar-refractivity contribution in [3.8, 4) is 0 Å². The molecule has 0 saturated carbocycles.